The molecule has 1 rings (SSSR count). The number of amides is 1. The van der Waals surface area contributed by atoms with E-state index >= 15 is 0 Å². The zero-order chi connectivity index (χ0) is 11.4. The van der Waals surface area contributed by atoms with Crippen LogP contribution in [0, 0.1) is 11.8 Å². The van der Waals surface area contributed by atoms with Gasteiger partial charge in [-0.25, -0.2) is 0 Å². The number of nitrogens with one attached hydrogen (secondary N) is 2. The minimum Gasteiger partial charge on any atom is -0.352 e. The van der Waals surface area contributed by atoms with Crippen LogP contribution in [0.5, 0.6) is 0 Å². The topological polar surface area (TPSA) is 41.1 Å². The largest absolute Gasteiger partial charge is 0.352 e. The van der Waals surface area contributed by atoms with Crippen LogP contribution in [0.4, 0.5) is 0 Å². The molecule has 3 unspecified atom stereocenters. The smallest absolute Gasteiger partial charge is 0.237 e. The van der Waals surface area contributed by atoms with Gasteiger partial charge in [-0.05, 0) is 31.2 Å². The molecule has 3 atom stereocenters. The summed E-state index contributed by atoms with van der Waals surface area (Å²) in [6, 6.07) is 0.338. The fourth-order valence-electron chi connectivity index (χ4n) is 2.20. The van der Waals surface area contributed by atoms with E-state index in [1.807, 2.05) is 0 Å². The Morgan fingerprint density at radius 1 is 1.53 bits per heavy atom. The van der Waals surface area contributed by atoms with E-state index in [-0.39, 0.29) is 11.9 Å². The fourth-order valence-corrected chi connectivity index (χ4v) is 2.20. The third-order valence-corrected chi connectivity index (χ3v) is 3.39. The zero-order valence-electron chi connectivity index (χ0n) is 10.3. The maximum Gasteiger partial charge on any atom is 0.237 e. The van der Waals surface area contributed by atoms with Crippen molar-refractivity contribution in [1.29, 1.82) is 0 Å². The van der Waals surface area contributed by atoms with Crippen LogP contribution in [0.2, 0.25) is 0 Å². The van der Waals surface area contributed by atoms with Gasteiger partial charge >= 0.3 is 0 Å². The quantitative estimate of drug-likeness (QED) is 0.742. The molecule has 0 aromatic rings. The fraction of sp³-hybridized carbons (Fsp3) is 0.917. The Morgan fingerprint density at radius 3 is 2.60 bits per heavy atom. The molecule has 0 aromatic carbocycles. The number of carbonyl (C=O) groups excluding carboxylic acids is 1. The van der Waals surface area contributed by atoms with Crippen LogP contribution in [-0.2, 0) is 4.79 Å². The predicted octanol–water partition coefficient (Wildman–Crippen LogP) is 1.54. The lowest BCUT2D eigenvalue weighted by atomic mass is 9.99. The maximum absolute atomic E-state index is 12.0. The highest BCUT2D eigenvalue weighted by Crippen LogP contribution is 2.15. The number of hydrogen-bond acceptors (Lipinski definition) is 2. The molecule has 88 valence electrons. The van der Waals surface area contributed by atoms with Crippen LogP contribution >= 0.6 is 0 Å². The normalized spacial score (nSPS) is 28.1. The van der Waals surface area contributed by atoms with Crippen LogP contribution < -0.4 is 10.6 Å². The summed E-state index contributed by atoms with van der Waals surface area (Å²) >= 11 is 0. The van der Waals surface area contributed by atoms with Gasteiger partial charge in [0.1, 0.15) is 0 Å². The molecule has 1 saturated heterocycles. The van der Waals surface area contributed by atoms with Crippen LogP contribution in [0.15, 0.2) is 0 Å². The summed E-state index contributed by atoms with van der Waals surface area (Å²) < 4.78 is 0. The van der Waals surface area contributed by atoms with E-state index in [0.29, 0.717) is 17.9 Å². The third kappa shape index (κ3) is 3.20. The van der Waals surface area contributed by atoms with Gasteiger partial charge in [-0.3, -0.25) is 4.79 Å². The second kappa shape index (κ2) is 5.50. The van der Waals surface area contributed by atoms with Gasteiger partial charge in [0, 0.05) is 6.04 Å². The van der Waals surface area contributed by atoms with E-state index in [2.05, 4.69) is 38.3 Å². The van der Waals surface area contributed by atoms with E-state index in [1.54, 1.807) is 0 Å². The highest BCUT2D eigenvalue weighted by Gasteiger charge is 2.30. The summed E-state index contributed by atoms with van der Waals surface area (Å²) in [4.78, 5) is 12.0. The first-order valence-electron chi connectivity index (χ1n) is 6.10. The Bertz CT molecular complexity index is 216. The monoisotopic (exact) mass is 212 g/mol. The molecule has 1 aliphatic rings. The molecule has 3 nitrogen and oxygen atoms in total. The summed E-state index contributed by atoms with van der Waals surface area (Å²) in [6.07, 6.45) is 2.11. The Balaban J connectivity index is 2.46. The molecule has 0 bridgehead atoms. The molecular weight excluding hydrogens is 188 g/mol. The van der Waals surface area contributed by atoms with Crippen molar-refractivity contribution in [3.05, 3.63) is 0 Å². The average molecular weight is 212 g/mol. The Labute approximate surface area is 93.0 Å². The van der Waals surface area contributed by atoms with E-state index < -0.39 is 0 Å². The minimum atomic E-state index is 0.0257. The lowest BCUT2D eigenvalue weighted by Gasteiger charge is -2.24. The Hall–Kier alpha value is -0.570. The van der Waals surface area contributed by atoms with Crippen molar-refractivity contribution in [3.63, 3.8) is 0 Å². The van der Waals surface area contributed by atoms with Crippen molar-refractivity contribution in [3.8, 4) is 0 Å². The molecule has 15 heavy (non-hydrogen) atoms. The summed E-state index contributed by atoms with van der Waals surface area (Å²) in [5.74, 6) is 1.16. The first-order valence-corrected chi connectivity index (χ1v) is 6.10. The van der Waals surface area contributed by atoms with Gasteiger partial charge in [-0.15, -0.1) is 0 Å². The molecule has 1 fully saturated rings. The van der Waals surface area contributed by atoms with Gasteiger partial charge in [0.05, 0.1) is 6.04 Å². The standard InChI is InChI=1S/C12H24N2O/c1-5-10(8(2)3)14-12(15)11-9(4)6-7-13-11/h8-11,13H,5-7H2,1-4H3,(H,14,15). The van der Waals surface area contributed by atoms with E-state index in [0.717, 1.165) is 19.4 Å². The molecule has 1 heterocycles. The van der Waals surface area contributed by atoms with Gasteiger partial charge in [0.2, 0.25) is 5.91 Å². The predicted molar refractivity (Wildman–Crippen MR) is 62.6 cm³/mol. The average Bonchev–Trinajstić information content (AvgIpc) is 2.60. The van der Waals surface area contributed by atoms with Crippen LogP contribution in [0.1, 0.15) is 40.5 Å². The molecule has 0 saturated carbocycles. The molecule has 0 radical (unpaired) electrons. The first-order chi connectivity index (χ1) is 7.06. The maximum atomic E-state index is 12.0. The third-order valence-electron chi connectivity index (χ3n) is 3.39. The highest BCUT2D eigenvalue weighted by atomic mass is 16.2. The van der Waals surface area contributed by atoms with E-state index in [9.17, 15) is 4.79 Å². The van der Waals surface area contributed by atoms with Crippen LogP contribution in [0.25, 0.3) is 0 Å². The van der Waals surface area contributed by atoms with E-state index in [4.69, 9.17) is 0 Å². The van der Waals surface area contributed by atoms with Crippen molar-refractivity contribution in [2.24, 2.45) is 11.8 Å². The van der Waals surface area contributed by atoms with Crippen molar-refractivity contribution in [2.45, 2.75) is 52.6 Å². The minimum absolute atomic E-state index is 0.0257. The summed E-state index contributed by atoms with van der Waals surface area (Å²) in [5, 5.41) is 6.40. The van der Waals surface area contributed by atoms with Crippen molar-refractivity contribution >= 4 is 5.91 Å². The summed E-state index contributed by atoms with van der Waals surface area (Å²) in [6.45, 7) is 9.54. The summed E-state index contributed by atoms with van der Waals surface area (Å²) in [7, 11) is 0. The number of rotatable bonds is 4. The van der Waals surface area contributed by atoms with Crippen molar-refractivity contribution in [1.82, 2.24) is 10.6 Å². The highest BCUT2D eigenvalue weighted by molar-refractivity contribution is 5.82. The molecule has 1 amide bonds. The van der Waals surface area contributed by atoms with Crippen molar-refractivity contribution < 1.29 is 4.79 Å². The Morgan fingerprint density at radius 2 is 2.20 bits per heavy atom. The zero-order valence-corrected chi connectivity index (χ0v) is 10.3. The summed E-state index contributed by atoms with van der Waals surface area (Å²) in [5.41, 5.74) is 0. The van der Waals surface area contributed by atoms with Gasteiger partial charge in [-0.1, -0.05) is 27.7 Å². The van der Waals surface area contributed by atoms with Gasteiger partial charge in [0.25, 0.3) is 0 Å². The molecule has 0 aromatic heterocycles. The second-order valence-corrected chi connectivity index (χ2v) is 4.97. The Kier molecular flexibility index (Phi) is 4.58. The molecule has 2 N–H and O–H groups in total. The SMILES string of the molecule is CCC(NC(=O)C1NCCC1C)C(C)C. The van der Waals surface area contributed by atoms with Gasteiger partial charge < -0.3 is 10.6 Å². The van der Waals surface area contributed by atoms with Gasteiger partial charge in [0.15, 0.2) is 0 Å². The van der Waals surface area contributed by atoms with Crippen LogP contribution in [-0.4, -0.2) is 24.5 Å². The second-order valence-electron chi connectivity index (χ2n) is 4.97. The number of hydrogen-bond donors (Lipinski definition) is 2. The molecule has 3 heteroatoms. The lowest BCUT2D eigenvalue weighted by Crippen LogP contribution is -2.48. The molecule has 0 spiro atoms. The van der Waals surface area contributed by atoms with Gasteiger partial charge in [-0.2, -0.15) is 0 Å². The lowest BCUT2D eigenvalue weighted by molar-refractivity contribution is -0.124. The van der Waals surface area contributed by atoms with E-state index in [1.165, 1.54) is 0 Å². The molecule has 1 aliphatic heterocycles. The molecule has 0 aliphatic carbocycles. The van der Waals surface area contributed by atoms with Crippen molar-refractivity contribution in [2.75, 3.05) is 6.54 Å². The molecular formula is C12H24N2O. The first kappa shape index (κ1) is 12.5. The van der Waals surface area contributed by atoms with Crippen LogP contribution in [0.3, 0.4) is 0 Å². The number of carbonyl (C=O) groups is 1.